The molecule has 2 heterocycles. The summed E-state index contributed by atoms with van der Waals surface area (Å²) < 4.78 is 6.32. The summed E-state index contributed by atoms with van der Waals surface area (Å²) in [6, 6.07) is 131. The molecule has 16 aromatic rings. The highest BCUT2D eigenvalue weighted by molar-refractivity contribution is 9.10. The van der Waals surface area contributed by atoms with Crippen molar-refractivity contribution in [3.05, 3.63) is 402 Å². The Morgan fingerprint density at radius 2 is 0.571 bits per heavy atom. The van der Waals surface area contributed by atoms with E-state index in [0.29, 0.717) is 0 Å². The van der Waals surface area contributed by atoms with Crippen LogP contribution in [-0.4, -0.2) is 9.13 Å². The first-order chi connectivity index (χ1) is 45.1. The highest BCUT2D eigenvalue weighted by Crippen LogP contribution is 2.59. The van der Waals surface area contributed by atoms with Gasteiger partial charge in [0.25, 0.3) is 0 Å². The van der Waals surface area contributed by atoms with Crippen molar-refractivity contribution in [3.8, 4) is 22.3 Å². The first kappa shape index (κ1) is 55.1. The number of nitrogens with one attached hydrogen (secondary N) is 1. The Balaban J connectivity index is 0.000000125. The van der Waals surface area contributed by atoms with E-state index in [1.54, 1.807) is 0 Å². The van der Waals surface area contributed by atoms with Crippen LogP contribution in [0.4, 0.5) is 28.4 Å². The second-order valence-corrected chi connectivity index (χ2v) is 24.1. The van der Waals surface area contributed by atoms with Crippen LogP contribution in [0.25, 0.3) is 65.9 Å². The molecule has 0 saturated carbocycles. The van der Waals surface area contributed by atoms with E-state index in [4.69, 9.17) is 0 Å². The Labute approximate surface area is 539 Å². The predicted octanol–water partition coefficient (Wildman–Crippen LogP) is 22.9. The molecule has 2 aliphatic rings. The summed E-state index contributed by atoms with van der Waals surface area (Å²) in [5, 5.41) is 8.31. The Hall–Kier alpha value is -11.2. The normalized spacial score (nSPS) is 12.8. The molecule has 0 atom stereocenters. The lowest BCUT2D eigenvalue weighted by molar-refractivity contribution is 0.563. The number of halogens is 1. The largest absolute Gasteiger partial charge is 0.356 e. The Morgan fingerprint density at radius 3 is 0.989 bits per heavy atom. The average Bonchev–Trinajstić information content (AvgIpc) is 1.54. The predicted molar refractivity (Wildman–Crippen MR) is 385 cm³/mol. The first-order valence-corrected chi connectivity index (χ1v) is 31.9. The molecule has 432 valence electrons. The number of nitrogens with zero attached hydrogens (tertiary/aromatic N) is 3. The summed E-state index contributed by atoms with van der Waals surface area (Å²) >= 11 is 3.93. The standard InChI is InChI=1S/C43H30N2.C31H20BrN.C12H11N/c1-4-17-31(18-5-1)43(38-27-13-10-23-34(38)35-24-11-14-28-39(35)43)45-40-29-15-12-25-36(40)37-26-16-30-41(42(37)45)44(32-19-6-2-7-20-32)33-21-8-3-9-22-33;32-28-19-10-16-25-24-15-6-9-20-29(24)33(30(25)28)31(21-11-2-1-3-12-21)26-17-7-4-13-22(26)23-14-5-8-18-27(23)31;1-3-7-11(8-4-1)13-12-9-5-2-6-10-12/h1-30H;1-20H;1-10,13H. The second kappa shape index (κ2) is 23.4. The van der Waals surface area contributed by atoms with Gasteiger partial charge in [-0.25, -0.2) is 0 Å². The van der Waals surface area contributed by atoms with E-state index < -0.39 is 11.1 Å². The van der Waals surface area contributed by atoms with Crippen molar-refractivity contribution >= 4 is 88.0 Å². The lowest BCUT2D eigenvalue weighted by atomic mass is 9.80. The molecule has 0 bridgehead atoms. The van der Waals surface area contributed by atoms with E-state index >= 15 is 0 Å². The number of rotatable bonds is 9. The fourth-order valence-corrected chi connectivity index (χ4v) is 15.3. The zero-order valence-corrected chi connectivity index (χ0v) is 51.4. The molecule has 0 spiro atoms. The van der Waals surface area contributed by atoms with Gasteiger partial charge in [-0.05, 0) is 144 Å². The van der Waals surface area contributed by atoms with Crippen molar-refractivity contribution in [2.45, 2.75) is 11.1 Å². The average molecular weight is 1230 g/mol. The van der Waals surface area contributed by atoms with Crippen molar-refractivity contribution in [1.82, 2.24) is 9.13 Å². The third-order valence-corrected chi connectivity index (χ3v) is 19.0. The summed E-state index contributed by atoms with van der Waals surface area (Å²) in [6.45, 7) is 0. The van der Waals surface area contributed by atoms with Gasteiger partial charge in [-0.15, -0.1) is 0 Å². The molecule has 0 amide bonds. The minimum absolute atomic E-state index is 0.486. The van der Waals surface area contributed by atoms with Crippen molar-refractivity contribution in [3.63, 3.8) is 0 Å². The molecule has 4 nitrogen and oxygen atoms in total. The van der Waals surface area contributed by atoms with Gasteiger partial charge >= 0.3 is 0 Å². The van der Waals surface area contributed by atoms with E-state index in [1.165, 1.54) is 99.2 Å². The fraction of sp³-hybridized carbons (Fsp3) is 0.0233. The van der Waals surface area contributed by atoms with Gasteiger partial charge in [0.1, 0.15) is 11.1 Å². The molecule has 0 aliphatic heterocycles. The minimum Gasteiger partial charge on any atom is -0.356 e. The van der Waals surface area contributed by atoms with Crippen LogP contribution in [0.3, 0.4) is 0 Å². The van der Waals surface area contributed by atoms with E-state index in [2.05, 4.69) is 339 Å². The minimum atomic E-state index is -0.606. The number of anilines is 5. The van der Waals surface area contributed by atoms with Crippen LogP contribution < -0.4 is 10.2 Å². The summed E-state index contributed by atoms with van der Waals surface area (Å²) in [5.74, 6) is 0. The SMILES string of the molecule is Brc1cccc2c3ccccc3n(C3(c4ccccc4)c4ccccc4-c4ccccc43)c12.c1ccc(N(c2ccccc2)c2cccc3c4ccccc4n(C4(c5ccccc5)c5ccccc5-c5ccccc54)c23)cc1.c1ccc(Nc2ccccc2)cc1. The smallest absolute Gasteiger partial charge is 0.122 e. The summed E-state index contributed by atoms with van der Waals surface area (Å²) in [6.07, 6.45) is 0. The van der Waals surface area contributed by atoms with Crippen molar-refractivity contribution in [2.75, 3.05) is 10.2 Å². The molecule has 14 aromatic carbocycles. The van der Waals surface area contributed by atoms with Gasteiger partial charge in [-0.2, -0.15) is 0 Å². The number of aromatic nitrogens is 2. The van der Waals surface area contributed by atoms with Gasteiger partial charge in [0, 0.05) is 48.8 Å². The summed E-state index contributed by atoms with van der Waals surface area (Å²) in [7, 11) is 0. The van der Waals surface area contributed by atoms with Crippen LogP contribution in [0.2, 0.25) is 0 Å². The maximum absolute atomic E-state index is 3.93. The molecule has 0 saturated heterocycles. The lowest BCUT2D eigenvalue weighted by Crippen LogP contribution is -2.36. The Bertz CT molecular complexity index is 5110. The molecule has 0 radical (unpaired) electrons. The number of para-hydroxylation sites is 8. The van der Waals surface area contributed by atoms with Crippen LogP contribution in [-0.2, 0) is 11.1 Å². The van der Waals surface area contributed by atoms with Crippen molar-refractivity contribution in [2.24, 2.45) is 0 Å². The van der Waals surface area contributed by atoms with Gasteiger partial charge in [0.2, 0.25) is 0 Å². The van der Waals surface area contributed by atoms with Gasteiger partial charge in [0.15, 0.2) is 0 Å². The molecule has 5 heteroatoms. The molecular formula is C86H61BrN4. The molecule has 0 fully saturated rings. The van der Waals surface area contributed by atoms with Crippen molar-refractivity contribution in [1.29, 1.82) is 0 Å². The van der Waals surface area contributed by atoms with Gasteiger partial charge in [-0.3, -0.25) is 0 Å². The summed E-state index contributed by atoms with van der Waals surface area (Å²) in [4.78, 5) is 2.41. The highest BCUT2D eigenvalue weighted by atomic mass is 79.9. The molecule has 91 heavy (non-hydrogen) atoms. The van der Waals surface area contributed by atoms with E-state index in [1.807, 2.05) is 60.7 Å². The maximum atomic E-state index is 3.93. The van der Waals surface area contributed by atoms with Gasteiger partial charge in [0.05, 0.1) is 27.8 Å². The monoisotopic (exact) mass is 1230 g/mol. The molecule has 18 rings (SSSR count). The third-order valence-electron chi connectivity index (χ3n) is 18.3. The number of fused-ring (bicyclic) bond motifs is 12. The van der Waals surface area contributed by atoms with Crippen LogP contribution in [0.1, 0.15) is 33.4 Å². The van der Waals surface area contributed by atoms with Gasteiger partial charge < -0.3 is 19.4 Å². The zero-order chi connectivity index (χ0) is 60.7. The van der Waals surface area contributed by atoms with Crippen LogP contribution in [0.5, 0.6) is 0 Å². The fourth-order valence-electron chi connectivity index (χ4n) is 14.8. The molecular weight excluding hydrogens is 1170 g/mol. The van der Waals surface area contributed by atoms with Crippen molar-refractivity contribution < 1.29 is 0 Å². The molecule has 2 aliphatic carbocycles. The topological polar surface area (TPSA) is 25.1 Å². The Morgan fingerprint density at radius 1 is 0.264 bits per heavy atom. The Kier molecular flexibility index (Phi) is 14.1. The van der Waals surface area contributed by atoms with Crippen LogP contribution >= 0.6 is 15.9 Å². The number of hydrogen-bond acceptors (Lipinski definition) is 2. The molecule has 2 aromatic heterocycles. The highest BCUT2D eigenvalue weighted by Gasteiger charge is 2.49. The number of benzene rings is 14. The second-order valence-electron chi connectivity index (χ2n) is 23.2. The van der Waals surface area contributed by atoms with E-state index in [9.17, 15) is 0 Å². The summed E-state index contributed by atoms with van der Waals surface area (Å²) in [5.41, 5.74) is 22.3. The van der Waals surface area contributed by atoms with E-state index in [0.717, 1.165) is 32.9 Å². The lowest BCUT2D eigenvalue weighted by Gasteiger charge is -2.37. The quantitative estimate of drug-likeness (QED) is 0.156. The third kappa shape index (κ3) is 9.02. The number of hydrogen-bond donors (Lipinski definition) is 1. The zero-order valence-electron chi connectivity index (χ0n) is 49.9. The van der Waals surface area contributed by atoms with Gasteiger partial charge in [-0.1, -0.05) is 291 Å². The van der Waals surface area contributed by atoms with E-state index in [-0.39, 0.29) is 0 Å². The maximum Gasteiger partial charge on any atom is 0.122 e. The molecule has 1 N–H and O–H groups in total. The van der Waals surface area contributed by atoms with Crippen LogP contribution in [0.15, 0.2) is 368 Å². The first-order valence-electron chi connectivity index (χ1n) is 31.1. The van der Waals surface area contributed by atoms with Crippen LogP contribution in [0, 0.1) is 0 Å². The molecule has 0 unspecified atom stereocenters.